The number of halogens is 1. The number of rotatable bonds is 10. The van der Waals surface area contributed by atoms with E-state index >= 15 is 4.39 Å². The van der Waals surface area contributed by atoms with Crippen molar-refractivity contribution in [3.63, 3.8) is 0 Å². The van der Waals surface area contributed by atoms with Gasteiger partial charge < -0.3 is 16.0 Å². The average molecular weight is 556 g/mol. The van der Waals surface area contributed by atoms with E-state index in [1.165, 1.54) is 12.1 Å². The summed E-state index contributed by atoms with van der Waals surface area (Å²) in [5, 5.41) is 2.68. The minimum atomic E-state index is -0.719. The van der Waals surface area contributed by atoms with Gasteiger partial charge in [-0.25, -0.2) is 19.3 Å². The molecule has 0 fully saturated rings. The number of nitrogens with one attached hydrogen (secondary N) is 1. The molecular weight excluding hydrogens is 521 g/mol. The van der Waals surface area contributed by atoms with Crippen molar-refractivity contribution in [2.75, 3.05) is 17.6 Å². The maximum atomic E-state index is 15.4. The van der Waals surface area contributed by atoms with Gasteiger partial charge in [-0.2, -0.15) is 0 Å². The molecule has 0 spiro atoms. The minimum Gasteiger partial charge on any atom is -0.382 e. The number of nitrogens with two attached hydrogens (primary N) is 1. The third kappa shape index (κ3) is 6.19. The van der Waals surface area contributed by atoms with E-state index in [1.807, 2.05) is 19.9 Å². The number of carbonyl (C=O) groups is 2. The van der Waals surface area contributed by atoms with Gasteiger partial charge in [0.25, 0.3) is 11.8 Å². The van der Waals surface area contributed by atoms with Crippen molar-refractivity contribution >= 4 is 29.0 Å². The van der Waals surface area contributed by atoms with Crippen LogP contribution in [0.2, 0.25) is 0 Å². The van der Waals surface area contributed by atoms with Crippen LogP contribution in [0.4, 0.5) is 16.0 Å². The predicted octanol–water partition coefficient (Wildman–Crippen LogP) is 5.43. The van der Waals surface area contributed by atoms with Crippen LogP contribution in [0, 0.1) is 17.7 Å². The predicted molar refractivity (Wildman–Crippen MR) is 157 cm³/mol. The molecule has 3 aromatic heterocycles. The normalized spacial score (nSPS) is 11.5. The third-order valence-electron chi connectivity index (χ3n) is 6.77. The Morgan fingerprint density at radius 1 is 1.12 bits per heavy atom. The number of nitrogen functional groups attached to an aromatic ring is 1. The second-order valence-electron chi connectivity index (χ2n) is 9.57. The Balaban J connectivity index is 1.75. The molecule has 0 aliphatic carbocycles. The van der Waals surface area contributed by atoms with Gasteiger partial charge in [0, 0.05) is 30.7 Å². The minimum absolute atomic E-state index is 0.129. The number of imidazole rings is 1. The lowest BCUT2D eigenvalue weighted by Crippen LogP contribution is -2.35. The number of aryl methyl sites for hydroxylation is 1. The van der Waals surface area contributed by atoms with Crippen LogP contribution in [0.25, 0.3) is 16.8 Å². The molecule has 0 saturated carbocycles. The van der Waals surface area contributed by atoms with Crippen LogP contribution in [-0.4, -0.2) is 42.6 Å². The number of anilines is 2. The lowest BCUT2D eigenvalue weighted by molar-refractivity contribution is -0.127. The van der Waals surface area contributed by atoms with Crippen molar-refractivity contribution < 1.29 is 14.0 Å². The number of pyridine rings is 1. The van der Waals surface area contributed by atoms with E-state index in [2.05, 4.69) is 34.0 Å². The lowest BCUT2D eigenvalue weighted by Gasteiger charge is -2.28. The summed E-state index contributed by atoms with van der Waals surface area (Å²) in [5.41, 5.74) is 8.51. The van der Waals surface area contributed by atoms with Gasteiger partial charge in [0.1, 0.15) is 34.5 Å². The van der Waals surface area contributed by atoms with E-state index in [0.29, 0.717) is 41.4 Å². The van der Waals surface area contributed by atoms with Crippen LogP contribution in [0.3, 0.4) is 0 Å². The zero-order valence-electron chi connectivity index (χ0n) is 23.7. The summed E-state index contributed by atoms with van der Waals surface area (Å²) in [5.74, 6) is 4.81. The number of benzene rings is 1. The third-order valence-corrected chi connectivity index (χ3v) is 6.77. The molecule has 1 aromatic carbocycles. The van der Waals surface area contributed by atoms with Gasteiger partial charge in [-0.05, 0) is 62.4 Å². The molecule has 1 atom stereocenters. The Morgan fingerprint density at radius 3 is 2.61 bits per heavy atom. The van der Waals surface area contributed by atoms with E-state index in [-0.39, 0.29) is 17.3 Å². The molecule has 9 nitrogen and oxygen atoms in total. The van der Waals surface area contributed by atoms with Crippen LogP contribution in [0.15, 0.2) is 48.9 Å². The highest BCUT2D eigenvalue weighted by molar-refractivity contribution is 6.04. The molecule has 41 heavy (non-hydrogen) atoms. The smallest absolute Gasteiger partial charge is 0.299 e. The number of hydrogen-bond donors (Lipinski definition) is 2. The number of fused-ring (bicyclic) bond motifs is 1. The number of nitrogens with zero attached hydrogens (tertiary/aromatic N) is 5. The average Bonchev–Trinajstić information content (AvgIpc) is 3.34. The first-order valence-electron chi connectivity index (χ1n) is 13.7. The molecule has 10 heteroatoms. The molecule has 0 saturated heterocycles. The van der Waals surface area contributed by atoms with Crippen LogP contribution in [-0.2, 0) is 11.2 Å². The highest BCUT2D eigenvalue weighted by atomic mass is 19.1. The van der Waals surface area contributed by atoms with Crippen molar-refractivity contribution in [3.8, 4) is 23.1 Å². The zero-order chi connectivity index (χ0) is 29.5. The monoisotopic (exact) mass is 555 g/mol. The first kappa shape index (κ1) is 29.2. The van der Waals surface area contributed by atoms with E-state index in [4.69, 9.17) is 10.7 Å². The molecular formula is C31H34FN7O2. The second-order valence-corrected chi connectivity index (χ2v) is 9.57. The van der Waals surface area contributed by atoms with Crippen molar-refractivity contribution in [3.05, 3.63) is 71.7 Å². The van der Waals surface area contributed by atoms with Gasteiger partial charge in [-0.3, -0.25) is 14.0 Å². The van der Waals surface area contributed by atoms with Crippen molar-refractivity contribution in [2.45, 2.75) is 59.4 Å². The fraction of sp³-hybridized carbons (Fsp3) is 0.323. The van der Waals surface area contributed by atoms with E-state index in [0.717, 1.165) is 24.8 Å². The lowest BCUT2D eigenvalue weighted by atomic mass is 10.1. The molecule has 212 valence electrons. The summed E-state index contributed by atoms with van der Waals surface area (Å²) in [4.78, 5) is 40.7. The quantitative estimate of drug-likeness (QED) is 0.252. The van der Waals surface area contributed by atoms with Crippen molar-refractivity contribution in [2.24, 2.45) is 0 Å². The highest BCUT2D eigenvalue weighted by Crippen LogP contribution is 2.34. The standard InChI is InChI=1S/C31H34FN7O2/c1-5-9-20-14-15-34-25(18-20)36-31(41)22-13-12-21(19-23(22)32)27-28-29(33)35-16-17-39(28)30(37-27)24(10-6-2)38(8-4)26(40)11-7-3/h12-19,24H,5-6,8-10H2,1-4H3,(H2,33,35)(H,34,36,41)/t24-/m0/s1. The molecule has 2 amide bonds. The topological polar surface area (TPSA) is 119 Å². The van der Waals surface area contributed by atoms with E-state index < -0.39 is 17.8 Å². The Hall–Kier alpha value is -4.78. The Kier molecular flexibility index (Phi) is 9.30. The summed E-state index contributed by atoms with van der Waals surface area (Å²) < 4.78 is 17.2. The zero-order valence-corrected chi connectivity index (χ0v) is 23.7. The molecule has 0 aliphatic rings. The first-order valence-corrected chi connectivity index (χ1v) is 13.7. The van der Waals surface area contributed by atoms with Crippen LogP contribution in [0.1, 0.15) is 74.7 Å². The summed E-state index contributed by atoms with van der Waals surface area (Å²) >= 11 is 0. The van der Waals surface area contributed by atoms with Crippen LogP contribution in [0.5, 0.6) is 0 Å². The van der Waals surface area contributed by atoms with E-state index in [9.17, 15) is 9.59 Å². The maximum absolute atomic E-state index is 15.4. The SMILES string of the molecule is CC#CC(=O)N(CC)[C@@H](CCC)c1nc(-c2ccc(C(=O)Nc3cc(CCC)ccn3)c(F)c2)c2c(N)nccn12. The molecule has 4 aromatic rings. The van der Waals surface area contributed by atoms with Crippen molar-refractivity contribution in [1.82, 2.24) is 24.3 Å². The molecule has 3 N–H and O–H groups in total. The molecule has 0 bridgehead atoms. The first-order chi connectivity index (χ1) is 19.8. The Morgan fingerprint density at radius 2 is 1.93 bits per heavy atom. The fourth-order valence-electron chi connectivity index (χ4n) is 4.92. The van der Waals surface area contributed by atoms with Crippen LogP contribution >= 0.6 is 0 Å². The molecule has 4 rings (SSSR count). The summed E-state index contributed by atoms with van der Waals surface area (Å²) in [6.45, 7) is 8.03. The number of hydrogen-bond acceptors (Lipinski definition) is 6. The number of carbonyl (C=O) groups excluding carboxylic acids is 2. The summed E-state index contributed by atoms with van der Waals surface area (Å²) in [6, 6.07) is 7.57. The maximum Gasteiger partial charge on any atom is 0.299 e. The van der Waals surface area contributed by atoms with Gasteiger partial charge in [0.2, 0.25) is 0 Å². The molecule has 3 heterocycles. The number of aromatic nitrogens is 4. The van der Waals surface area contributed by atoms with Gasteiger partial charge in [-0.15, -0.1) is 0 Å². The van der Waals surface area contributed by atoms with Crippen LogP contribution < -0.4 is 11.1 Å². The summed E-state index contributed by atoms with van der Waals surface area (Å²) in [6.07, 6.45) is 8.12. The fourth-order valence-corrected chi connectivity index (χ4v) is 4.92. The van der Waals surface area contributed by atoms with Gasteiger partial charge in [-0.1, -0.05) is 38.7 Å². The van der Waals surface area contributed by atoms with Gasteiger partial charge in [0.15, 0.2) is 0 Å². The van der Waals surface area contributed by atoms with Crippen molar-refractivity contribution in [1.29, 1.82) is 0 Å². The molecule has 0 radical (unpaired) electrons. The highest BCUT2D eigenvalue weighted by Gasteiger charge is 2.29. The second kappa shape index (κ2) is 13.0. The van der Waals surface area contributed by atoms with Gasteiger partial charge in [0.05, 0.1) is 11.6 Å². The number of amides is 2. The largest absolute Gasteiger partial charge is 0.382 e. The van der Waals surface area contributed by atoms with E-state index in [1.54, 1.807) is 46.9 Å². The Bertz CT molecular complexity index is 1640. The Labute approximate surface area is 239 Å². The summed E-state index contributed by atoms with van der Waals surface area (Å²) in [7, 11) is 0. The molecule has 0 unspecified atom stereocenters. The van der Waals surface area contributed by atoms with Gasteiger partial charge >= 0.3 is 0 Å². The molecule has 0 aliphatic heterocycles.